The predicted molar refractivity (Wildman–Crippen MR) is 70.5 cm³/mol. The average molecular weight is 257 g/mol. The molecule has 0 amide bonds. The van der Waals surface area contributed by atoms with Crippen molar-refractivity contribution >= 4 is 11.8 Å². The number of methoxy groups -OCH3 is 2. The third kappa shape index (κ3) is 3.04. The molecule has 1 unspecified atom stereocenters. The summed E-state index contributed by atoms with van der Waals surface area (Å²) in [5.74, 6) is 7.07. The van der Waals surface area contributed by atoms with Crippen LogP contribution in [0.3, 0.4) is 0 Å². The van der Waals surface area contributed by atoms with Crippen LogP contribution in [0.15, 0.2) is 17.0 Å². The van der Waals surface area contributed by atoms with Crippen molar-refractivity contribution in [2.75, 3.05) is 27.5 Å². The number of nitrogens with one attached hydrogen (secondary N) is 2. The molecule has 0 aliphatic rings. The van der Waals surface area contributed by atoms with Gasteiger partial charge in [0.2, 0.25) is 0 Å². The van der Waals surface area contributed by atoms with E-state index in [0.29, 0.717) is 0 Å². The molecule has 0 saturated carbocycles. The van der Waals surface area contributed by atoms with Crippen LogP contribution in [-0.2, 0) is 0 Å². The highest BCUT2D eigenvalue weighted by Gasteiger charge is 2.16. The molecule has 6 heteroatoms. The predicted octanol–water partition coefficient (Wildman–Crippen LogP) is 1.11. The summed E-state index contributed by atoms with van der Waals surface area (Å²) >= 11 is 1.61. The van der Waals surface area contributed by atoms with Gasteiger partial charge in [0, 0.05) is 5.56 Å². The average Bonchev–Trinajstić information content (AvgIpc) is 2.39. The molecule has 17 heavy (non-hydrogen) atoms. The Kier molecular flexibility index (Phi) is 5.57. The quantitative estimate of drug-likeness (QED) is 0.307. The van der Waals surface area contributed by atoms with Crippen LogP contribution in [0.1, 0.15) is 11.7 Å². The SMILES string of the molecule is CNC(NN)c1cc(OC)c(SC)cc1OC. The Morgan fingerprint density at radius 1 is 1.24 bits per heavy atom. The lowest BCUT2D eigenvalue weighted by atomic mass is 10.1. The van der Waals surface area contributed by atoms with Crippen molar-refractivity contribution in [2.24, 2.45) is 5.84 Å². The second-order valence-corrected chi connectivity index (χ2v) is 4.19. The summed E-state index contributed by atoms with van der Waals surface area (Å²) in [7, 11) is 5.10. The summed E-state index contributed by atoms with van der Waals surface area (Å²) in [6, 6.07) is 3.87. The fourth-order valence-electron chi connectivity index (χ4n) is 1.61. The Morgan fingerprint density at radius 2 is 1.88 bits per heavy atom. The minimum absolute atomic E-state index is 0.185. The van der Waals surface area contributed by atoms with Crippen LogP contribution < -0.4 is 26.1 Å². The molecule has 1 atom stereocenters. The van der Waals surface area contributed by atoms with E-state index >= 15 is 0 Å². The second kappa shape index (κ2) is 6.70. The maximum Gasteiger partial charge on any atom is 0.133 e. The van der Waals surface area contributed by atoms with Gasteiger partial charge in [-0.05, 0) is 25.4 Å². The van der Waals surface area contributed by atoms with E-state index in [1.807, 2.05) is 25.4 Å². The number of thioether (sulfide) groups is 1. The molecular weight excluding hydrogens is 238 g/mol. The number of rotatable bonds is 6. The first-order valence-corrected chi connectivity index (χ1v) is 6.37. The Bertz CT molecular complexity index is 370. The van der Waals surface area contributed by atoms with E-state index in [4.69, 9.17) is 15.3 Å². The molecule has 0 heterocycles. The fraction of sp³-hybridized carbons (Fsp3) is 0.455. The maximum absolute atomic E-state index is 5.49. The molecule has 0 aliphatic heterocycles. The van der Waals surface area contributed by atoms with Gasteiger partial charge in [0.15, 0.2) is 0 Å². The number of ether oxygens (including phenoxy) is 2. The highest BCUT2D eigenvalue weighted by molar-refractivity contribution is 7.98. The zero-order chi connectivity index (χ0) is 12.8. The maximum atomic E-state index is 5.49. The number of benzene rings is 1. The third-order valence-corrected chi connectivity index (χ3v) is 3.26. The summed E-state index contributed by atoms with van der Waals surface area (Å²) in [5.41, 5.74) is 3.59. The van der Waals surface area contributed by atoms with Gasteiger partial charge < -0.3 is 14.8 Å². The molecule has 1 aromatic rings. The van der Waals surface area contributed by atoms with Crippen LogP contribution in [0, 0.1) is 0 Å². The lowest BCUT2D eigenvalue weighted by Gasteiger charge is -2.20. The summed E-state index contributed by atoms with van der Waals surface area (Å²) < 4.78 is 10.7. The van der Waals surface area contributed by atoms with Gasteiger partial charge >= 0.3 is 0 Å². The summed E-state index contributed by atoms with van der Waals surface area (Å²) in [6.45, 7) is 0. The third-order valence-electron chi connectivity index (χ3n) is 2.50. The minimum atomic E-state index is -0.185. The Labute approximate surface area is 106 Å². The number of nitrogens with two attached hydrogens (primary N) is 1. The van der Waals surface area contributed by atoms with Crippen molar-refractivity contribution in [3.8, 4) is 11.5 Å². The molecule has 96 valence electrons. The molecular formula is C11H19N3O2S. The lowest BCUT2D eigenvalue weighted by Crippen LogP contribution is -2.36. The first-order chi connectivity index (χ1) is 8.21. The zero-order valence-electron chi connectivity index (χ0n) is 10.5. The van der Waals surface area contributed by atoms with E-state index in [1.54, 1.807) is 26.0 Å². The van der Waals surface area contributed by atoms with E-state index < -0.39 is 0 Å². The van der Waals surface area contributed by atoms with E-state index in [0.717, 1.165) is 22.0 Å². The van der Waals surface area contributed by atoms with Crippen molar-refractivity contribution in [3.05, 3.63) is 17.7 Å². The van der Waals surface area contributed by atoms with Crippen molar-refractivity contribution in [3.63, 3.8) is 0 Å². The van der Waals surface area contributed by atoms with Crippen LogP contribution in [0.2, 0.25) is 0 Å². The van der Waals surface area contributed by atoms with Crippen molar-refractivity contribution in [1.29, 1.82) is 0 Å². The molecule has 1 aromatic carbocycles. The highest BCUT2D eigenvalue weighted by Crippen LogP contribution is 2.36. The Morgan fingerprint density at radius 3 is 2.29 bits per heavy atom. The summed E-state index contributed by atoms with van der Waals surface area (Å²) in [6.07, 6.45) is 1.81. The van der Waals surface area contributed by atoms with Crippen molar-refractivity contribution in [2.45, 2.75) is 11.1 Å². The fourth-order valence-corrected chi connectivity index (χ4v) is 2.18. The Hall–Kier alpha value is -0.950. The molecule has 4 N–H and O–H groups in total. The van der Waals surface area contributed by atoms with Crippen LogP contribution in [0.25, 0.3) is 0 Å². The molecule has 0 fully saturated rings. The van der Waals surface area contributed by atoms with Crippen LogP contribution >= 0.6 is 11.8 Å². The van der Waals surface area contributed by atoms with Crippen LogP contribution in [-0.4, -0.2) is 27.5 Å². The first-order valence-electron chi connectivity index (χ1n) is 5.15. The van der Waals surface area contributed by atoms with Gasteiger partial charge in [0.25, 0.3) is 0 Å². The van der Waals surface area contributed by atoms with Crippen LogP contribution in [0.5, 0.6) is 11.5 Å². The second-order valence-electron chi connectivity index (χ2n) is 3.34. The first kappa shape index (κ1) is 14.1. The molecule has 0 bridgehead atoms. The van der Waals surface area contributed by atoms with Gasteiger partial charge in [0.05, 0.1) is 25.3 Å². The molecule has 5 nitrogen and oxygen atoms in total. The molecule has 0 saturated heterocycles. The highest BCUT2D eigenvalue weighted by atomic mass is 32.2. The normalized spacial score (nSPS) is 12.3. The molecule has 1 rings (SSSR count). The monoisotopic (exact) mass is 257 g/mol. The number of hydrogen-bond acceptors (Lipinski definition) is 6. The van der Waals surface area contributed by atoms with Crippen LogP contribution in [0.4, 0.5) is 0 Å². The van der Waals surface area contributed by atoms with Crippen molar-refractivity contribution in [1.82, 2.24) is 10.7 Å². The van der Waals surface area contributed by atoms with Gasteiger partial charge in [-0.1, -0.05) is 0 Å². The summed E-state index contributed by atoms with van der Waals surface area (Å²) in [4.78, 5) is 1.03. The lowest BCUT2D eigenvalue weighted by molar-refractivity contribution is 0.376. The molecule has 0 spiro atoms. The van der Waals surface area contributed by atoms with E-state index in [2.05, 4.69) is 10.7 Å². The standard InChI is InChI=1S/C11H19N3O2S/c1-13-11(14-12)7-5-9(16-3)10(17-4)6-8(7)15-2/h5-6,11,13-14H,12H2,1-4H3. The zero-order valence-corrected chi connectivity index (χ0v) is 11.4. The number of hydrogen-bond donors (Lipinski definition) is 3. The largest absolute Gasteiger partial charge is 0.496 e. The van der Waals surface area contributed by atoms with E-state index in [1.165, 1.54) is 0 Å². The topological polar surface area (TPSA) is 68.5 Å². The molecule has 0 aliphatic carbocycles. The van der Waals surface area contributed by atoms with Gasteiger partial charge in [-0.3, -0.25) is 5.84 Å². The number of hydrazine groups is 1. The van der Waals surface area contributed by atoms with Gasteiger partial charge in [-0.2, -0.15) is 0 Å². The van der Waals surface area contributed by atoms with Gasteiger partial charge in [0.1, 0.15) is 11.5 Å². The van der Waals surface area contributed by atoms with E-state index in [9.17, 15) is 0 Å². The van der Waals surface area contributed by atoms with Gasteiger partial charge in [-0.15, -0.1) is 11.8 Å². The summed E-state index contributed by atoms with van der Waals surface area (Å²) in [5, 5.41) is 3.05. The van der Waals surface area contributed by atoms with E-state index in [-0.39, 0.29) is 6.17 Å². The molecule has 0 aromatic heterocycles. The van der Waals surface area contributed by atoms with Gasteiger partial charge in [-0.25, -0.2) is 5.43 Å². The minimum Gasteiger partial charge on any atom is -0.496 e. The Balaban J connectivity index is 3.27. The van der Waals surface area contributed by atoms with Crippen molar-refractivity contribution < 1.29 is 9.47 Å². The smallest absolute Gasteiger partial charge is 0.133 e. The molecule has 0 radical (unpaired) electrons.